The molecule has 0 saturated carbocycles. The number of rotatable bonds is 7. The topological polar surface area (TPSA) is 125 Å². The van der Waals surface area contributed by atoms with E-state index in [0.29, 0.717) is 17.2 Å². The molecule has 6 aromatic rings. The number of aromatic amines is 2. The van der Waals surface area contributed by atoms with Crippen LogP contribution in [0.4, 0.5) is 5.69 Å². The summed E-state index contributed by atoms with van der Waals surface area (Å²) in [5.74, 6) is 0.507. The normalized spacial score (nSPS) is 11.4. The van der Waals surface area contributed by atoms with Crippen molar-refractivity contribution in [3.8, 4) is 33.8 Å². The number of imidazole rings is 1. The van der Waals surface area contributed by atoms with Gasteiger partial charge in [-0.05, 0) is 48.4 Å². The van der Waals surface area contributed by atoms with E-state index in [1.54, 1.807) is 31.0 Å². The first-order chi connectivity index (χ1) is 19.1. The number of anilines is 1. The van der Waals surface area contributed by atoms with Crippen LogP contribution in [0.2, 0.25) is 0 Å². The van der Waals surface area contributed by atoms with Crippen LogP contribution in [0.1, 0.15) is 13.3 Å². The van der Waals surface area contributed by atoms with E-state index < -0.39 is 0 Å². The summed E-state index contributed by atoms with van der Waals surface area (Å²) in [5, 5.41) is 11.2. The Labute approximate surface area is 223 Å². The third-order valence-electron chi connectivity index (χ3n) is 6.30. The second-order valence-electron chi connectivity index (χ2n) is 9.06. The number of para-hydroxylation sites is 1. The Bertz CT molecular complexity index is 1870. The van der Waals surface area contributed by atoms with E-state index in [2.05, 4.69) is 42.0 Å². The maximum Gasteiger partial charge on any atom is 0.228 e. The van der Waals surface area contributed by atoms with Crippen LogP contribution in [-0.2, 0) is 4.79 Å². The minimum atomic E-state index is -0.154. The molecule has 1 amide bonds. The fourth-order valence-electron chi connectivity index (χ4n) is 4.53. The summed E-state index contributed by atoms with van der Waals surface area (Å²) >= 11 is 0. The Morgan fingerprint density at radius 2 is 1.87 bits per heavy atom. The molecule has 0 atom stereocenters. The van der Waals surface area contributed by atoms with Gasteiger partial charge in [-0.25, -0.2) is 9.97 Å². The van der Waals surface area contributed by atoms with Gasteiger partial charge in [0, 0.05) is 41.5 Å². The number of nitrogens with one attached hydrogen (secondary N) is 3. The van der Waals surface area contributed by atoms with Crippen molar-refractivity contribution in [2.75, 3.05) is 5.32 Å². The molecule has 190 valence electrons. The molecule has 9 nitrogen and oxygen atoms in total. The van der Waals surface area contributed by atoms with E-state index in [1.165, 1.54) is 0 Å². The van der Waals surface area contributed by atoms with Crippen LogP contribution in [-0.4, -0.2) is 41.0 Å². The highest BCUT2D eigenvalue weighted by Crippen LogP contribution is 2.32. The minimum absolute atomic E-state index is 0.154. The molecule has 1 aromatic carbocycles. The van der Waals surface area contributed by atoms with Crippen molar-refractivity contribution in [2.45, 2.75) is 13.3 Å². The Morgan fingerprint density at radius 3 is 2.72 bits per heavy atom. The van der Waals surface area contributed by atoms with Crippen molar-refractivity contribution < 1.29 is 4.79 Å². The first kappa shape index (κ1) is 23.9. The number of benzene rings is 1. The lowest BCUT2D eigenvalue weighted by molar-refractivity contribution is -0.115. The molecule has 0 radical (unpaired) electrons. The zero-order chi connectivity index (χ0) is 26.8. The van der Waals surface area contributed by atoms with Crippen molar-refractivity contribution in [3.63, 3.8) is 0 Å². The quantitative estimate of drug-likeness (QED) is 0.222. The number of hydrogen-bond acceptors (Lipinski definition) is 6. The van der Waals surface area contributed by atoms with Crippen LogP contribution >= 0.6 is 0 Å². The molecule has 0 saturated heterocycles. The van der Waals surface area contributed by atoms with Gasteiger partial charge >= 0.3 is 0 Å². The van der Waals surface area contributed by atoms with Crippen LogP contribution in [0, 0.1) is 0 Å². The molecule has 9 heteroatoms. The SMILES string of the molecule is C=C(C=CC)CC(=O)Nc1cncc(-c2cnc3n[nH]c(-c4nc5c(-c6ccncc6)cccc5[nH]4)c3c2)c1. The predicted molar refractivity (Wildman–Crippen MR) is 153 cm³/mol. The number of amides is 1. The largest absolute Gasteiger partial charge is 0.337 e. The van der Waals surface area contributed by atoms with E-state index in [-0.39, 0.29) is 12.3 Å². The minimum Gasteiger partial charge on any atom is -0.337 e. The summed E-state index contributed by atoms with van der Waals surface area (Å²) in [5.41, 5.74) is 8.11. The molecule has 0 bridgehead atoms. The first-order valence-corrected chi connectivity index (χ1v) is 12.4. The number of hydrogen-bond donors (Lipinski definition) is 3. The fourth-order valence-corrected chi connectivity index (χ4v) is 4.53. The number of aromatic nitrogens is 7. The number of carbonyl (C=O) groups is 1. The first-order valence-electron chi connectivity index (χ1n) is 12.4. The van der Waals surface area contributed by atoms with Gasteiger partial charge in [-0.1, -0.05) is 30.9 Å². The Morgan fingerprint density at radius 1 is 1.03 bits per heavy atom. The maximum atomic E-state index is 12.4. The highest BCUT2D eigenvalue weighted by Gasteiger charge is 2.16. The summed E-state index contributed by atoms with van der Waals surface area (Å²) in [7, 11) is 0. The Kier molecular flexibility index (Phi) is 6.22. The van der Waals surface area contributed by atoms with Crippen LogP contribution in [0.25, 0.3) is 55.8 Å². The zero-order valence-electron chi connectivity index (χ0n) is 21.1. The molecular weight excluding hydrogens is 488 g/mol. The van der Waals surface area contributed by atoms with Crippen LogP contribution in [0.3, 0.4) is 0 Å². The predicted octanol–water partition coefficient (Wildman–Crippen LogP) is 6.09. The lowest BCUT2D eigenvalue weighted by Gasteiger charge is -2.07. The van der Waals surface area contributed by atoms with E-state index in [1.807, 2.05) is 61.5 Å². The van der Waals surface area contributed by atoms with Gasteiger partial charge in [0.1, 0.15) is 5.69 Å². The van der Waals surface area contributed by atoms with Gasteiger partial charge in [0.15, 0.2) is 11.5 Å². The molecule has 0 aliphatic carbocycles. The van der Waals surface area contributed by atoms with Crippen molar-refractivity contribution >= 4 is 33.7 Å². The molecule has 6 rings (SSSR count). The maximum absolute atomic E-state index is 12.4. The molecule has 0 spiro atoms. The Hall–Kier alpha value is -5.44. The summed E-state index contributed by atoms with van der Waals surface area (Å²) in [6, 6.07) is 13.8. The third kappa shape index (κ3) is 4.80. The summed E-state index contributed by atoms with van der Waals surface area (Å²) in [4.78, 5) is 33.7. The lowest BCUT2D eigenvalue weighted by Crippen LogP contribution is -2.11. The van der Waals surface area contributed by atoms with Crippen molar-refractivity contribution in [1.82, 2.24) is 35.1 Å². The van der Waals surface area contributed by atoms with Crippen LogP contribution < -0.4 is 5.32 Å². The molecular formula is C30H24N8O. The number of pyridine rings is 3. The molecule has 0 aliphatic heterocycles. The molecule has 39 heavy (non-hydrogen) atoms. The monoisotopic (exact) mass is 512 g/mol. The number of allylic oxidation sites excluding steroid dienone is 2. The van der Waals surface area contributed by atoms with Gasteiger partial charge in [0.25, 0.3) is 0 Å². The Balaban J connectivity index is 1.34. The molecule has 0 aliphatic rings. The van der Waals surface area contributed by atoms with Gasteiger partial charge in [0.05, 0.1) is 34.7 Å². The third-order valence-corrected chi connectivity index (χ3v) is 6.30. The molecule has 5 aromatic heterocycles. The van der Waals surface area contributed by atoms with E-state index >= 15 is 0 Å². The molecule has 0 unspecified atom stereocenters. The smallest absolute Gasteiger partial charge is 0.228 e. The highest BCUT2D eigenvalue weighted by atomic mass is 16.1. The van der Waals surface area contributed by atoms with Crippen LogP contribution in [0.15, 0.2) is 97.8 Å². The summed E-state index contributed by atoms with van der Waals surface area (Å²) < 4.78 is 0. The average molecular weight is 513 g/mol. The summed E-state index contributed by atoms with van der Waals surface area (Å²) in [6.45, 7) is 5.78. The second kappa shape index (κ2) is 10.1. The zero-order valence-corrected chi connectivity index (χ0v) is 21.1. The van der Waals surface area contributed by atoms with Gasteiger partial charge in [-0.15, -0.1) is 0 Å². The van der Waals surface area contributed by atoms with E-state index in [4.69, 9.17) is 4.98 Å². The summed E-state index contributed by atoms with van der Waals surface area (Å²) in [6.07, 6.45) is 12.5. The fraction of sp³-hybridized carbons (Fsp3) is 0.0667. The van der Waals surface area contributed by atoms with Crippen LogP contribution in [0.5, 0.6) is 0 Å². The number of H-pyrrole nitrogens is 2. The van der Waals surface area contributed by atoms with E-state index in [9.17, 15) is 4.79 Å². The second-order valence-corrected chi connectivity index (χ2v) is 9.06. The molecule has 3 N–H and O–H groups in total. The number of carbonyl (C=O) groups excluding carboxylic acids is 1. The molecule has 5 heterocycles. The van der Waals surface area contributed by atoms with E-state index in [0.717, 1.165) is 49.9 Å². The number of fused-ring (bicyclic) bond motifs is 2. The standard InChI is InChI=1S/C30H24N8O/c1-3-5-18(2)12-26(39)34-22-13-20(15-32-17-22)21-14-24-28(37-38-29(24)33-16-21)30-35-25-7-4-6-23(27(25)36-30)19-8-10-31-11-9-19/h3-11,13-17H,2,12H2,1H3,(H,34,39)(H,35,36)(H,33,37,38). The van der Waals surface area contributed by atoms with Gasteiger partial charge in [-0.2, -0.15) is 5.10 Å². The highest BCUT2D eigenvalue weighted by molar-refractivity contribution is 5.97. The van der Waals surface area contributed by atoms with Gasteiger partial charge in [-0.3, -0.25) is 19.9 Å². The van der Waals surface area contributed by atoms with Gasteiger partial charge < -0.3 is 10.3 Å². The van der Waals surface area contributed by atoms with Crippen molar-refractivity contribution in [2.24, 2.45) is 0 Å². The van der Waals surface area contributed by atoms with Crippen molar-refractivity contribution in [3.05, 3.63) is 97.8 Å². The molecule has 0 fully saturated rings. The van der Waals surface area contributed by atoms with Gasteiger partial charge in [0.2, 0.25) is 5.91 Å². The average Bonchev–Trinajstić information content (AvgIpc) is 3.57. The van der Waals surface area contributed by atoms with Crippen molar-refractivity contribution in [1.29, 1.82) is 0 Å². The number of nitrogens with zero attached hydrogens (tertiary/aromatic N) is 5. The lowest BCUT2D eigenvalue weighted by atomic mass is 10.1.